The van der Waals surface area contributed by atoms with E-state index in [2.05, 4.69) is 16.0 Å². The van der Waals surface area contributed by atoms with Gasteiger partial charge in [-0.05, 0) is 38.1 Å². The number of nitrogens with two attached hydrogens (primary N) is 2. The highest BCUT2D eigenvalue weighted by Crippen LogP contribution is 2.07. The van der Waals surface area contributed by atoms with E-state index in [1.165, 1.54) is 0 Å². The Labute approximate surface area is 196 Å². The monoisotopic (exact) mass is 489 g/mol. The van der Waals surface area contributed by atoms with Crippen molar-refractivity contribution in [1.29, 1.82) is 0 Å². The molecule has 0 aromatic rings. The molecule has 4 atom stereocenters. The fourth-order valence-corrected chi connectivity index (χ4v) is 2.94. The predicted molar refractivity (Wildman–Crippen MR) is 118 cm³/mol. The van der Waals surface area contributed by atoms with Crippen molar-refractivity contribution in [2.75, 3.05) is 6.54 Å². The highest BCUT2D eigenvalue weighted by molar-refractivity contribution is 5.96. The van der Waals surface area contributed by atoms with E-state index in [0.29, 0.717) is 19.4 Å². The van der Waals surface area contributed by atoms with Crippen molar-refractivity contribution in [2.45, 2.75) is 76.5 Å². The molecule has 14 nitrogen and oxygen atoms in total. The normalized spacial score (nSPS) is 14.4. The lowest BCUT2D eigenvalue weighted by molar-refractivity contribution is -0.144. The third-order valence-corrected chi connectivity index (χ3v) is 4.64. The van der Waals surface area contributed by atoms with Crippen LogP contribution in [0.1, 0.15) is 52.4 Å². The van der Waals surface area contributed by atoms with Gasteiger partial charge >= 0.3 is 17.9 Å². The van der Waals surface area contributed by atoms with E-state index in [1.807, 2.05) is 0 Å². The molecule has 0 aromatic heterocycles. The first-order chi connectivity index (χ1) is 15.8. The van der Waals surface area contributed by atoms with Crippen molar-refractivity contribution in [3.63, 3.8) is 0 Å². The van der Waals surface area contributed by atoms with Crippen LogP contribution in [0.5, 0.6) is 0 Å². The summed E-state index contributed by atoms with van der Waals surface area (Å²) in [5.41, 5.74) is 11.0. The smallest absolute Gasteiger partial charge is 0.326 e. The van der Waals surface area contributed by atoms with Crippen LogP contribution in [0.25, 0.3) is 0 Å². The summed E-state index contributed by atoms with van der Waals surface area (Å²) >= 11 is 0. The van der Waals surface area contributed by atoms with Crippen molar-refractivity contribution in [3.8, 4) is 0 Å². The van der Waals surface area contributed by atoms with Crippen LogP contribution in [-0.2, 0) is 28.8 Å². The summed E-state index contributed by atoms with van der Waals surface area (Å²) in [5, 5.41) is 34.0. The van der Waals surface area contributed by atoms with Gasteiger partial charge in [0, 0.05) is 0 Å². The van der Waals surface area contributed by atoms with Crippen LogP contribution in [0.3, 0.4) is 0 Å². The number of carbonyl (C=O) groups is 6. The second kappa shape index (κ2) is 15.6. The maximum absolute atomic E-state index is 12.8. The fourth-order valence-electron chi connectivity index (χ4n) is 2.94. The summed E-state index contributed by atoms with van der Waals surface area (Å²) in [6, 6.07) is -5.61. The second-order valence-corrected chi connectivity index (χ2v) is 8.24. The summed E-state index contributed by atoms with van der Waals surface area (Å²) in [5.74, 6) is -7.00. The van der Waals surface area contributed by atoms with Gasteiger partial charge in [0.25, 0.3) is 0 Å². The Morgan fingerprint density at radius 2 is 1.24 bits per heavy atom. The lowest BCUT2D eigenvalue weighted by Crippen LogP contribution is -2.57. The molecule has 4 unspecified atom stereocenters. The van der Waals surface area contributed by atoms with Gasteiger partial charge < -0.3 is 42.7 Å². The van der Waals surface area contributed by atoms with Crippen molar-refractivity contribution in [3.05, 3.63) is 0 Å². The Bertz CT molecular complexity index is 744. The molecule has 0 heterocycles. The summed E-state index contributed by atoms with van der Waals surface area (Å²) in [6.45, 7) is 3.78. The molecule has 194 valence electrons. The zero-order valence-corrected chi connectivity index (χ0v) is 19.3. The van der Waals surface area contributed by atoms with Gasteiger partial charge in [-0.15, -0.1) is 0 Å². The first kappa shape index (κ1) is 30.7. The van der Waals surface area contributed by atoms with Gasteiger partial charge in [-0.3, -0.25) is 24.0 Å². The number of rotatable bonds is 17. The fraction of sp³-hybridized carbons (Fsp3) is 0.700. The minimum Gasteiger partial charge on any atom is -0.481 e. The number of hydrogen-bond donors (Lipinski definition) is 8. The standard InChI is InChI=1S/C20H35N5O9/c1-10(2)7-14(20(33)34)25-19(32)13(9-16(28)29)24-18(31)12(5-3-4-6-21)23-17(30)11(22)8-15(26)27/h10-14H,3-9,21-22H2,1-2H3,(H,23,30)(H,24,31)(H,25,32)(H,26,27)(H,28,29)(H,33,34). The molecule has 0 aliphatic carbocycles. The van der Waals surface area contributed by atoms with E-state index >= 15 is 0 Å². The number of unbranched alkanes of at least 4 members (excludes halogenated alkanes) is 1. The van der Waals surface area contributed by atoms with Crippen molar-refractivity contribution in [2.24, 2.45) is 17.4 Å². The van der Waals surface area contributed by atoms with Crippen LogP contribution >= 0.6 is 0 Å². The molecule has 14 heteroatoms. The van der Waals surface area contributed by atoms with Crippen molar-refractivity contribution >= 4 is 35.6 Å². The number of hydrogen-bond acceptors (Lipinski definition) is 8. The topological polar surface area (TPSA) is 251 Å². The highest BCUT2D eigenvalue weighted by atomic mass is 16.4. The molecule has 3 amide bonds. The quantitative estimate of drug-likeness (QED) is 0.103. The maximum Gasteiger partial charge on any atom is 0.326 e. The largest absolute Gasteiger partial charge is 0.481 e. The molecule has 0 saturated heterocycles. The van der Waals surface area contributed by atoms with Gasteiger partial charge in [-0.1, -0.05) is 13.8 Å². The molecule has 0 fully saturated rings. The van der Waals surface area contributed by atoms with E-state index in [-0.39, 0.29) is 18.8 Å². The molecule has 0 radical (unpaired) electrons. The number of nitrogens with one attached hydrogen (secondary N) is 3. The summed E-state index contributed by atoms with van der Waals surface area (Å²) in [7, 11) is 0. The third kappa shape index (κ3) is 12.7. The number of carboxylic acids is 3. The van der Waals surface area contributed by atoms with E-state index < -0.39 is 72.6 Å². The Kier molecular flexibility index (Phi) is 14.1. The van der Waals surface area contributed by atoms with E-state index in [9.17, 15) is 33.9 Å². The van der Waals surface area contributed by atoms with E-state index in [1.54, 1.807) is 13.8 Å². The van der Waals surface area contributed by atoms with Gasteiger partial charge in [0.15, 0.2) is 0 Å². The zero-order chi connectivity index (χ0) is 26.4. The maximum atomic E-state index is 12.8. The molecule has 0 aliphatic rings. The predicted octanol–water partition coefficient (Wildman–Crippen LogP) is -2.02. The molecule has 0 aliphatic heterocycles. The molecule has 0 bridgehead atoms. The van der Waals surface area contributed by atoms with Crippen LogP contribution in [0.15, 0.2) is 0 Å². The van der Waals surface area contributed by atoms with E-state index in [4.69, 9.17) is 21.7 Å². The number of carboxylic acid groups (broad SMARTS) is 3. The SMILES string of the molecule is CC(C)CC(NC(=O)C(CC(=O)O)NC(=O)C(CCCCN)NC(=O)C(N)CC(=O)O)C(=O)O. The second-order valence-electron chi connectivity index (χ2n) is 8.24. The van der Waals surface area contributed by atoms with Gasteiger partial charge in [-0.2, -0.15) is 0 Å². The Hall–Kier alpha value is -3.26. The highest BCUT2D eigenvalue weighted by Gasteiger charge is 2.32. The van der Waals surface area contributed by atoms with Crippen molar-refractivity contribution in [1.82, 2.24) is 16.0 Å². The first-order valence-corrected chi connectivity index (χ1v) is 10.8. The van der Waals surface area contributed by atoms with Crippen molar-refractivity contribution < 1.29 is 44.1 Å². The van der Waals surface area contributed by atoms with Crippen LogP contribution in [-0.4, -0.2) is 81.7 Å². The lowest BCUT2D eigenvalue weighted by Gasteiger charge is -2.25. The molecule has 10 N–H and O–H groups in total. The molecule has 34 heavy (non-hydrogen) atoms. The van der Waals surface area contributed by atoms with Crippen LogP contribution in [0.4, 0.5) is 0 Å². The summed E-state index contributed by atoms with van der Waals surface area (Å²) in [6.07, 6.45) is -0.508. The number of carbonyl (C=O) groups excluding carboxylic acids is 3. The zero-order valence-electron chi connectivity index (χ0n) is 19.3. The summed E-state index contributed by atoms with van der Waals surface area (Å²) in [4.78, 5) is 71.1. The lowest BCUT2D eigenvalue weighted by atomic mass is 10.0. The van der Waals surface area contributed by atoms with Gasteiger partial charge in [0.2, 0.25) is 17.7 Å². The van der Waals surface area contributed by atoms with Gasteiger partial charge in [0.05, 0.1) is 18.9 Å². The molecule has 0 rings (SSSR count). The summed E-state index contributed by atoms with van der Waals surface area (Å²) < 4.78 is 0. The number of aliphatic carboxylic acids is 3. The van der Waals surface area contributed by atoms with Gasteiger partial charge in [0.1, 0.15) is 18.1 Å². The van der Waals surface area contributed by atoms with E-state index in [0.717, 1.165) is 0 Å². The van der Waals surface area contributed by atoms with Crippen LogP contribution in [0, 0.1) is 5.92 Å². The minimum absolute atomic E-state index is 0.0566. The molecular weight excluding hydrogens is 454 g/mol. The number of amides is 3. The Balaban J connectivity index is 5.54. The van der Waals surface area contributed by atoms with Crippen LogP contribution < -0.4 is 27.4 Å². The third-order valence-electron chi connectivity index (χ3n) is 4.64. The minimum atomic E-state index is -1.62. The average molecular weight is 490 g/mol. The van der Waals surface area contributed by atoms with Crippen LogP contribution in [0.2, 0.25) is 0 Å². The molecule has 0 spiro atoms. The molecule has 0 aromatic carbocycles. The van der Waals surface area contributed by atoms with Gasteiger partial charge in [-0.25, -0.2) is 4.79 Å². The first-order valence-electron chi connectivity index (χ1n) is 10.8. The Morgan fingerprint density at radius 1 is 0.735 bits per heavy atom. The molecular formula is C20H35N5O9. The average Bonchev–Trinajstić information content (AvgIpc) is 2.70. The molecule has 0 saturated carbocycles. The Morgan fingerprint density at radius 3 is 1.71 bits per heavy atom.